The van der Waals surface area contributed by atoms with Crippen molar-refractivity contribution < 1.29 is 32.7 Å². The van der Waals surface area contributed by atoms with Crippen molar-refractivity contribution in [3.8, 4) is 0 Å². The van der Waals surface area contributed by atoms with E-state index < -0.39 is 0 Å². The van der Waals surface area contributed by atoms with E-state index in [1.165, 1.54) is 57.8 Å². The van der Waals surface area contributed by atoms with Crippen molar-refractivity contribution in [3.05, 3.63) is 13.8 Å². The Balaban J connectivity index is -0.0000000385. The monoisotopic (exact) mass is 481 g/mol. The van der Waals surface area contributed by atoms with Crippen molar-refractivity contribution >= 4 is 0 Å². The molecule has 2 rings (SSSR count). The summed E-state index contributed by atoms with van der Waals surface area (Å²) in [5.74, 6) is 0.875. The van der Waals surface area contributed by atoms with Crippen LogP contribution in [0.5, 0.6) is 0 Å². The zero-order valence-corrected chi connectivity index (χ0v) is 21.3. The standard InChI is InChI=1S/C6H13N.C5H10.C4H8.3C2H7N.2CH4.Y/c7-5-6-3-1-2-4-6;1-2-4-5-3-1;1-3-4-2;3*1-2-3;;;/h6H,1-5,7H2;1-5H2;1-4H2;3*2-3H2,1H3;2*1H4;/q;;-2;;;;;;. The molecule has 2 saturated carbocycles. The molecule has 1 radical (unpaired) electrons. The maximum absolute atomic E-state index is 5.43. The molecular weight excluding hydrogens is 421 g/mol. The summed E-state index contributed by atoms with van der Waals surface area (Å²) in [5.41, 5.74) is 20.0. The molecule has 0 bridgehead atoms. The van der Waals surface area contributed by atoms with Crippen LogP contribution in [-0.4, -0.2) is 26.2 Å². The van der Waals surface area contributed by atoms with Crippen LogP contribution in [0.4, 0.5) is 0 Å². The Kier molecular flexibility index (Phi) is 94.8. The Hall–Kier alpha value is 0.944. The van der Waals surface area contributed by atoms with Crippen molar-refractivity contribution in [2.24, 2.45) is 28.9 Å². The van der Waals surface area contributed by atoms with Gasteiger partial charge in [0.15, 0.2) is 0 Å². The van der Waals surface area contributed by atoms with E-state index in [1.807, 2.05) is 20.8 Å². The van der Waals surface area contributed by atoms with Gasteiger partial charge in [-0.2, -0.15) is 0 Å². The molecule has 28 heavy (non-hydrogen) atoms. The molecule has 0 aromatic rings. The Bertz CT molecular complexity index is 148. The minimum Gasteiger partial charge on any atom is -0.346 e. The van der Waals surface area contributed by atoms with Gasteiger partial charge in [-0.1, -0.05) is 80.6 Å². The van der Waals surface area contributed by atoms with Crippen LogP contribution < -0.4 is 22.9 Å². The summed E-state index contributed by atoms with van der Waals surface area (Å²) in [4.78, 5) is 0. The molecule has 177 valence electrons. The Morgan fingerprint density at radius 3 is 0.929 bits per heavy atom. The number of nitrogens with two attached hydrogens (primary N) is 4. The molecule has 8 N–H and O–H groups in total. The van der Waals surface area contributed by atoms with Gasteiger partial charge in [0, 0.05) is 32.7 Å². The van der Waals surface area contributed by atoms with Crippen molar-refractivity contribution in [1.82, 2.24) is 0 Å². The van der Waals surface area contributed by atoms with Crippen LogP contribution in [0.15, 0.2) is 0 Å². The molecule has 0 aromatic carbocycles. The first-order valence-corrected chi connectivity index (χ1v) is 10.5. The van der Waals surface area contributed by atoms with Gasteiger partial charge in [-0.25, -0.2) is 12.8 Å². The van der Waals surface area contributed by atoms with E-state index in [0.717, 1.165) is 44.9 Å². The van der Waals surface area contributed by atoms with Gasteiger partial charge >= 0.3 is 0 Å². The molecule has 0 heterocycles. The molecule has 0 aromatic heterocycles. The molecule has 0 spiro atoms. The summed E-state index contributed by atoms with van der Waals surface area (Å²) in [6, 6.07) is 0. The smallest absolute Gasteiger partial charge is 0 e. The molecule has 0 aliphatic heterocycles. The number of rotatable bonds is 2. The van der Waals surface area contributed by atoms with Crippen LogP contribution in [0.2, 0.25) is 0 Å². The van der Waals surface area contributed by atoms with Gasteiger partial charge in [0.2, 0.25) is 0 Å². The van der Waals surface area contributed by atoms with Crippen LogP contribution in [0.3, 0.4) is 0 Å². The fourth-order valence-electron chi connectivity index (χ4n) is 2.13. The molecular formula is C23H60N4Y-2. The summed E-state index contributed by atoms with van der Waals surface area (Å²) >= 11 is 0. The maximum Gasteiger partial charge on any atom is 0 e. The third-order valence-electron chi connectivity index (χ3n) is 3.31. The predicted octanol–water partition coefficient (Wildman–Crippen LogP) is 5.69. The molecule has 5 heteroatoms. The van der Waals surface area contributed by atoms with Crippen LogP contribution in [-0.2, 0) is 32.7 Å². The summed E-state index contributed by atoms with van der Waals surface area (Å²) in [6.45, 7) is 16.0. The normalized spacial score (nSPS) is 13.2. The van der Waals surface area contributed by atoms with Crippen LogP contribution in [0.25, 0.3) is 0 Å². The number of hydrogen-bond acceptors (Lipinski definition) is 4. The first kappa shape index (κ1) is 46.9. The van der Waals surface area contributed by atoms with Crippen molar-refractivity contribution in [2.75, 3.05) is 26.2 Å². The molecule has 2 aliphatic rings. The molecule has 2 fully saturated rings. The van der Waals surface area contributed by atoms with E-state index in [1.54, 1.807) is 0 Å². The zero-order valence-electron chi connectivity index (χ0n) is 18.5. The summed E-state index contributed by atoms with van der Waals surface area (Å²) in [7, 11) is 0. The second-order valence-electron chi connectivity index (χ2n) is 6.09. The third kappa shape index (κ3) is 71.3. The van der Waals surface area contributed by atoms with Gasteiger partial charge in [-0.3, -0.25) is 0 Å². The number of hydrogen-bond donors (Lipinski definition) is 4. The van der Waals surface area contributed by atoms with Gasteiger partial charge in [0.25, 0.3) is 0 Å². The molecule has 4 nitrogen and oxygen atoms in total. The second kappa shape index (κ2) is 56.5. The Labute approximate surface area is 207 Å². The van der Waals surface area contributed by atoms with Crippen LogP contribution in [0.1, 0.15) is 106 Å². The Morgan fingerprint density at radius 1 is 0.607 bits per heavy atom. The van der Waals surface area contributed by atoms with E-state index in [9.17, 15) is 0 Å². The van der Waals surface area contributed by atoms with Crippen molar-refractivity contribution in [3.63, 3.8) is 0 Å². The topological polar surface area (TPSA) is 104 Å². The molecule has 0 unspecified atom stereocenters. The fourth-order valence-corrected chi connectivity index (χ4v) is 2.13. The summed E-state index contributed by atoms with van der Waals surface area (Å²) in [5, 5.41) is 0. The molecule has 0 atom stereocenters. The average molecular weight is 482 g/mol. The predicted molar refractivity (Wildman–Crippen MR) is 132 cm³/mol. The maximum atomic E-state index is 5.43. The third-order valence-corrected chi connectivity index (χ3v) is 3.31. The van der Waals surface area contributed by atoms with Gasteiger partial charge < -0.3 is 36.8 Å². The Morgan fingerprint density at radius 2 is 0.821 bits per heavy atom. The minimum atomic E-state index is 0. The summed E-state index contributed by atoms with van der Waals surface area (Å²) in [6.07, 6.45) is 15.0. The van der Waals surface area contributed by atoms with Gasteiger partial charge in [0.05, 0.1) is 0 Å². The number of unbranched alkanes of at least 4 members (excludes halogenated alkanes) is 1. The largest absolute Gasteiger partial charge is 0.346 e. The second-order valence-corrected chi connectivity index (χ2v) is 6.09. The molecule has 0 saturated heterocycles. The van der Waals surface area contributed by atoms with Gasteiger partial charge in [-0.15, -0.1) is 0 Å². The minimum absolute atomic E-state index is 0. The quantitative estimate of drug-likeness (QED) is 0.381. The first-order chi connectivity index (χ1) is 12.1. The zero-order chi connectivity index (χ0) is 20.2. The van der Waals surface area contributed by atoms with Crippen molar-refractivity contribution in [1.29, 1.82) is 0 Å². The van der Waals surface area contributed by atoms with E-state index in [2.05, 4.69) is 13.8 Å². The molecule has 0 amide bonds. The van der Waals surface area contributed by atoms with Gasteiger partial charge in [0.1, 0.15) is 0 Å². The van der Waals surface area contributed by atoms with Crippen LogP contribution in [0, 0.1) is 19.8 Å². The average Bonchev–Trinajstić information content (AvgIpc) is 3.33. The van der Waals surface area contributed by atoms with E-state index >= 15 is 0 Å². The van der Waals surface area contributed by atoms with Crippen molar-refractivity contribution in [2.45, 2.75) is 106 Å². The summed E-state index contributed by atoms with van der Waals surface area (Å²) < 4.78 is 0. The van der Waals surface area contributed by atoms with Crippen LogP contribution >= 0.6 is 0 Å². The van der Waals surface area contributed by atoms with Gasteiger partial charge in [-0.05, 0) is 44.9 Å². The molecule has 2 aliphatic carbocycles. The first-order valence-electron chi connectivity index (χ1n) is 10.5. The van der Waals surface area contributed by atoms with E-state index in [4.69, 9.17) is 22.9 Å². The fraction of sp³-hybridized carbons (Fsp3) is 0.913. The SMILES string of the molecule is C.C.C1CCCC1.CCN.CCN.CCN.NCC1CCCC1.[CH2-]CC[CH2-].[Y]. The van der Waals surface area contributed by atoms with E-state index in [0.29, 0.717) is 0 Å². The van der Waals surface area contributed by atoms with E-state index in [-0.39, 0.29) is 47.6 Å².